The Kier molecular flexibility index (Phi) is 7.43. The van der Waals surface area contributed by atoms with E-state index < -0.39 is 15.6 Å². The number of benzene rings is 1. The molecular weight excluding hydrogens is 354 g/mol. The van der Waals surface area contributed by atoms with Crippen LogP contribution in [-0.4, -0.2) is 57.6 Å². The minimum Gasteiger partial charge on any atom is -0.385 e. The predicted molar refractivity (Wildman–Crippen MR) is 101 cm³/mol. The normalized spacial score (nSPS) is 17.6. The number of piperidine rings is 1. The molecule has 0 atom stereocenters. The highest BCUT2D eigenvalue weighted by Gasteiger charge is 2.38. The van der Waals surface area contributed by atoms with Crippen LogP contribution >= 0.6 is 0 Å². The lowest BCUT2D eigenvalue weighted by atomic mass is 9.85. The number of carbonyl (C=O) groups excluding carboxylic acids is 1. The van der Waals surface area contributed by atoms with Crippen molar-refractivity contribution in [3.05, 3.63) is 35.9 Å². The van der Waals surface area contributed by atoms with Gasteiger partial charge in [-0.25, -0.2) is 17.5 Å². The first-order valence-corrected chi connectivity index (χ1v) is 10.6. The third-order valence-electron chi connectivity index (χ3n) is 4.77. The number of rotatable bonds is 8. The molecule has 1 aromatic carbocycles. The van der Waals surface area contributed by atoms with E-state index in [1.807, 2.05) is 37.3 Å². The molecule has 1 aliphatic rings. The SMILES string of the molecule is CCNC(=O)NC1(CCOC)CCN(S(=O)(=O)Cc2ccccc2)CC1. The highest BCUT2D eigenvalue weighted by atomic mass is 32.2. The summed E-state index contributed by atoms with van der Waals surface area (Å²) in [7, 11) is -1.75. The highest BCUT2D eigenvalue weighted by molar-refractivity contribution is 7.88. The summed E-state index contributed by atoms with van der Waals surface area (Å²) in [5.41, 5.74) is 0.345. The lowest BCUT2D eigenvalue weighted by molar-refractivity contribution is 0.122. The van der Waals surface area contributed by atoms with Gasteiger partial charge in [-0.05, 0) is 31.7 Å². The van der Waals surface area contributed by atoms with Crippen molar-refractivity contribution < 1.29 is 17.9 Å². The molecular formula is C18H29N3O4S. The Balaban J connectivity index is 2.02. The highest BCUT2D eigenvalue weighted by Crippen LogP contribution is 2.28. The summed E-state index contributed by atoms with van der Waals surface area (Å²) in [5, 5.41) is 5.78. The fourth-order valence-corrected chi connectivity index (χ4v) is 4.78. The van der Waals surface area contributed by atoms with Crippen LogP contribution < -0.4 is 10.6 Å². The average Bonchev–Trinajstić information content (AvgIpc) is 2.61. The molecule has 146 valence electrons. The Morgan fingerprint density at radius 1 is 1.23 bits per heavy atom. The smallest absolute Gasteiger partial charge is 0.315 e. The maximum atomic E-state index is 12.7. The molecule has 2 amide bonds. The van der Waals surface area contributed by atoms with Crippen molar-refractivity contribution in [1.29, 1.82) is 0 Å². The van der Waals surface area contributed by atoms with Crippen molar-refractivity contribution >= 4 is 16.1 Å². The van der Waals surface area contributed by atoms with Crippen molar-refractivity contribution in [3.63, 3.8) is 0 Å². The Morgan fingerprint density at radius 2 is 1.88 bits per heavy atom. The third kappa shape index (κ3) is 5.69. The summed E-state index contributed by atoms with van der Waals surface area (Å²) in [6, 6.07) is 8.97. The molecule has 8 heteroatoms. The molecule has 1 saturated heterocycles. The molecule has 0 saturated carbocycles. The van der Waals surface area contributed by atoms with E-state index in [0.717, 1.165) is 5.56 Å². The summed E-state index contributed by atoms with van der Waals surface area (Å²) in [6.45, 7) is 3.71. The topological polar surface area (TPSA) is 87.7 Å². The predicted octanol–water partition coefficient (Wildman–Crippen LogP) is 1.71. The largest absolute Gasteiger partial charge is 0.385 e. The summed E-state index contributed by atoms with van der Waals surface area (Å²) in [6.07, 6.45) is 1.80. The van der Waals surface area contributed by atoms with Gasteiger partial charge < -0.3 is 15.4 Å². The van der Waals surface area contributed by atoms with E-state index in [4.69, 9.17) is 4.74 Å². The second-order valence-corrected chi connectivity index (χ2v) is 8.62. The van der Waals surface area contributed by atoms with E-state index in [1.54, 1.807) is 7.11 Å². The fourth-order valence-electron chi connectivity index (χ4n) is 3.25. The molecule has 1 aromatic rings. The Bertz CT molecular complexity index is 671. The number of nitrogens with zero attached hydrogens (tertiary/aromatic N) is 1. The van der Waals surface area contributed by atoms with Gasteiger partial charge in [-0.1, -0.05) is 30.3 Å². The number of hydrogen-bond acceptors (Lipinski definition) is 4. The number of ether oxygens (including phenoxy) is 1. The van der Waals surface area contributed by atoms with Crippen LogP contribution in [0, 0.1) is 0 Å². The van der Waals surface area contributed by atoms with Gasteiger partial charge >= 0.3 is 6.03 Å². The van der Waals surface area contributed by atoms with Gasteiger partial charge in [0.1, 0.15) is 0 Å². The molecule has 7 nitrogen and oxygen atoms in total. The maximum Gasteiger partial charge on any atom is 0.315 e. The van der Waals surface area contributed by atoms with Crippen LogP contribution in [0.3, 0.4) is 0 Å². The molecule has 2 N–H and O–H groups in total. The molecule has 1 aliphatic heterocycles. The molecule has 1 heterocycles. The van der Waals surface area contributed by atoms with Gasteiger partial charge in [-0.2, -0.15) is 0 Å². The van der Waals surface area contributed by atoms with Gasteiger partial charge in [0.15, 0.2) is 0 Å². The standard InChI is InChI=1S/C18H29N3O4S/c1-3-19-17(22)20-18(11-14-25-2)9-12-21(13-10-18)26(23,24)15-16-7-5-4-6-8-16/h4-8H,3,9-15H2,1-2H3,(H2,19,20,22). The molecule has 0 aromatic heterocycles. The van der Waals surface area contributed by atoms with Gasteiger partial charge in [0, 0.05) is 38.9 Å². The number of amides is 2. The summed E-state index contributed by atoms with van der Waals surface area (Å²) < 4.78 is 32.1. The third-order valence-corrected chi connectivity index (χ3v) is 6.62. The molecule has 0 bridgehead atoms. The van der Waals surface area contributed by atoms with Crippen LogP contribution in [0.15, 0.2) is 30.3 Å². The van der Waals surface area contributed by atoms with Crippen molar-refractivity contribution in [2.45, 2.75) is 37.5 Å². The van der Waals surface area contributed by atoms with Gasteiger partial charge in [0.2, 0.25) is 10.0 Å². The van der Waals surface area contributed by atoms with E-state index in [-0.39, 0.29) is 11.8 Å². The molecule has 26 heavy (non-hydrogen) atoms. The first-order valence-electron chi connectivity index (χ1n) is 8.97. The second-order valence-electron chi connectivity index (χ2n) is 6.65. The number of nitrogens with one attached hydrogen (secondary N) is 2. The van der Waals surface area contributed by atoms with Crippen LogP contribution in [-0.2, 0) is 20.5 Å². The Morgan fingerprint density at radius 3 is 2.46 bits per heavy atom. The van der Waals surface area contributed by atoms with Crippen LogP contribution in [0.25, 0.3) is 0 Å². The quantitative estimate of drug-likeness (QED) is 0.715. The molecule has 0 radical (unpaired) electrons. The van der Waals surface area contributed by atoms with Crippen LogP contribution in [0.1, 0.15) is 31.7 Å². The van der Waals surface area contributed by atoms with E-state index in [0.29, 0.717) is 45.5 Å². The average molecular weight is 384 g/mol. The Labute approximate surface area is 156 Å². The monoisotopic (exact) mass is 383 g/mol. The van der Waals surface area contributed by atoms with Crippen molar-refractivity contribution in [2.75, 3.05) is 33.4 Å². The van der Waals surface area contributed by atoms with Crippen molar-refractivity contribution in [3.8, 4) is 0 Å². The zero-order valence-corrected chi connectivity index (χ0v) is 16.3. The zero-order valence-electron chi connectivity index (χ0n) is 15.5. The number of hydrogen-bond donors (Lipinski definition) is 2. The van der Waals surface area contributed by atoms with Crippen LogP contribution in [0.2, 0.25) is 0 Å². The van der Waals surface area contributed by atoms with E-state index in [2.05, 4.69) is 10.6 Å². The number of sulfonamides is 1. The number of urea groups is 1. The Hall–Kier alpha value is -1.64. The molecule has 2 rings (SSSR count). The van der Waals surface area contributed by atoms with E-state index in [1.165, 1.54) is 4.31 Å². The van der Waals surface area contributed by atoms with Gasteiger partial charge in [0.05, 0.1) is 5.75 Å². The van der Waals surface area contributed by atoms with Gasteiger partial charge in [0.25, 0.3) is 0 Å². The van der Waals surface area contributed by atoms with Crippen molar-refractivity contribution in [2.24, 2.45) is 0 Å². The lowest BCUT2D eigenvalue weighted by Gasteiger charge is -2.41. The lowest BCUT2D eigenvalue weighted by Crippen LogP contribution is -2.58. The summed E-state index contributed by atoms with van der Waals surface area (Å²) >= 11 is 0. The molecule has 0 spiro atoms. The molecule has 0 unspecified atom stereocenters. The van der Waals surface area contributed by atoms with E-state index >= 15 is 0 Å². The van der Waals surface area contributed by atoms with Gasteiger partial charge in [-0.15, -0.1) is 0 Å². The molecule has 1 fully saturated rings. The number of methoxy groups -OCH3 is 1. The van der Waals surface area contributed by atoms with Crippen LogP contribution in [0.5, 0.6) is 0 Å². The number of carbonyl (C=O) groups is 1. The van der Waals surface area contributed by atoms with E-state index in [9.17, 15) is 13.2 Å². The molecule has 0 aliphatic carbocycles. The zero-order chi connectivity index (χ0) is 19.0. The fraction of sp³-hybridized carbons (Fsp3) is 0.611. The van der Waals surface area contributed by atoms with Gasteiger partial charge in [-0.3, -0.25) is 0 Å². The minimum atomic E-state index is -3.37. The van der Waals surface area contributed by atoms with Crippen LogP contribution in [0.4, 0.5) is 4.79 Å². The summed E-state index contributed by atoms with van der Waals surface area (Å²) in [5.74, 6) is 0.00264. The maximum absolute atomic E-state index is 12.7. The first-order chi connectivity index (χ1) is 12.4. The first kappa shape index (κ1) is 20.7. The minimum absolute atomic E-state index is 0.00264. The second kappa shape index (κ2) is 9.34. The van der Waals surface area contributed by atoms with Crippen molar-refractivity contribution in [1.82, 2.24) is 14.9 Å². The summed E-state index contributed by atoms with van der Waals surface area (Å²) in [4.78, 5) is 12.0.